The fraction of sp³-hybridized carbons (Fsp3) is 0.682. The van der Waals surface area contributed by atoms with Gasteiger partial charge in [0.2, 0.25) is 5.78 Å². The summed E-state index contributed by atoms with van der Waals surface area (Å²) in [6.07, 6.45) is 0. The van der Waals surface area contributed by atoms with Gasteiger partial charge in [-0.3, -0.25) is 9.36 Å². The molecule has 1 atom stereocenters. The SMILES string of the molecule is CCOP(=O)(OCC)C(C)(F)C(=O)c1cc(C(C)(C)C)c(OC)c(C(C)(C)C)c1. The first-order valence-corrected chi connectivity index (χ1v) is 11.5. The minimum absolute atomic E-state index is 0.0346. The summed E-state index contributed by atoms with van der Waals surface area (Å²) in [5, 5.41) is -2.82. The van der Waals surface area contributed by atoms with Crippen LogP contribution in [0.15, 0.2) is 12.1 Å². The Morgan fingerprint density at radius 2 is 1.31 bits per heavy atom. The number of hydrogen-bond donors (Lipinski definition) is 0. The van der Waals surface area contributed by atoms with Crippen molar-refractivity contribution in [2.75, 3.05) is 20.3 Å². The summed E-state index contributed by atoms with van der Waals surface area (Å²) in [4.78, 5) is 13.3. The van der Waals surface area contributed by atoms with Crippen molar-refractivity contribution in [2.24, 2.45) is 0 Å². The van der Waals surface area contributed by atoms with Crippen molar-refractivity contribution in [2.45, 2.75) is 78.6 Å². The van der Waals surface area contributed by atoms with Gasteiger partial charge < -0.3 is 13.8 Å². The molecule has 0 amide bonds. The number of ether oxygens (including phenoxy) is 1. The van der Waals surface area contributed by atoms with Crippen molar-refractivity contribution in [1.29, 1.82) is 0 Å². The van der Waals surface area contributed by atoms with E-state index >= 15 is 4.39 Å². The van der Waals surface area contributed by atoms with Gasteiger partial charge in [-0.15, -0.1) is 0 Å². The average molecular weight is 430 g/mol. The van der Waals surface area contributed by atoms with Crippen molar-refractivity contribution in [3.8, 4) is 5.75 Å². The molecule has 0 fully saturated rings. The highest BCUT2D eigenvalue weighted by molar-refractivity contribution is 7.56. The minimum Gasteiger partial charge on any atom is -0.496 e. The highest BCUT2D eigenvalue weighted by atomic mass is 31.2. The van der Waals surface area contributed by atoms with Gasteiger partial charge in [0, 0.05) is 16.7 Å². The van der Waals surface area contributed by atoms with Crippen molar-refractivity contribution in [3.63, 3.8) is 0 Å². The first kappa shape index (κ1) is 25.8. The van der Waals surface area contributed by atoms with E-state index in [9.17, 15) is 9.36 Å². The summed E-state index contributed by atoms with van der Waals surface area (Å²) in [5.41, 5.74) is 0.934. The number of hydrogen-bond acceptors (Lipinski definition) is 5. The van der Waals surface area contributed by atoms with Crippen molar-refractivity contribution in [1.82, 2.24) is 0 Å². The summed E-state index contributed by atoms with van der Waals surface area (Å²) < 4.78 is 44.8. The molecular weight excluding hydrogens is 394 g/mol. The van der Waals surface area contributed by atoms with E-state index in [0.29, 0.717) is 5.75 Å². The second-order valence-corrected chi connectivity index (χ2v) is 11.6. The van der Waals surface area contributed by atoms with Crippen LogP contribution in [0.5, 0.6) is 5.75 Å². The number of methoxy groups -OCH3 is 1. The van der Waals surface area contributed by atoms with Gasteiger partial charge in [-0.25, -0.2) is 4.39 Å². The van der Waals surface area contributed by atoms with Gasteiger partial charge in [0.05, 0.1) is 20.3 Å². The predicted molar refractivity (Wildman–Crippen MR) is 115 cm³/mol. The Hall–Kier alpha value is -1.23. The number of benzene rings is 1. The highest BCUT2D eigenvalue weighted by Gasteiger charge is 2.54. The maximum atomic E-state index is 15.7. The zero-order chi connectivity index (χ0) is 22.8. The molecule has 1 rings (SSSR count). The maximum Gasteiger partial charge on any atom is 0.375 e. The molecule has 0 heterocycles. The Balaban J connectivity index is 3.77. The number of carbonyl (C=O) groups excluding carboxylic acids is 1. The van der Waals surface area contributed by atoms with E-state index in [1.54, 1.807) is 33.1 Å². The van der Waals surface area contributed by atoms with Crippen LogP contribution in [0.1, 0.15) is 83.8 Å². The average Bonchev–Trinajstić information content (AvgIpc) is 2.58. The molecule has 0 radical (unpaired) electrons. The topological polar surface area (TPSA) is 61.8 Å². The Morgan fingerprint density at radius 3 is 1.59 bits per heavy atom. The highest BCUT2D eigenvalue weighted by Crippen LogP contribution is 2.62. The van der Waals surface area contributed by atoms with Crippen LogP contribution in [0.2, 0.25) is 0 Å². The van der Waals surface area contributed by atoms with Gasteiger partial charge >= 0.3 is 7.60 Å². The van der Waals surface area contributed by atoms with Crippen LogP contribution in [-0.2, 0) is 24.4 Å². The number of carbonyl (C=O) groups is 1. The van der Waals surface area contributed by atoms with E-state index in [4.69, 9.17) is 13.8 Å². The molecule has 0 aliphatic rings. The summed E-state index contributed by atoms with van der Waals surface area (Å²) >= 11 is 0. The molecule has 0 aliphatic heterocycles. The smallest absolute Gasteiger partial charge is 0.375 e. The molecule has 0 aromatic heterocycles. The van der Waals surface area contributed by atoms with Crippen molar-refractivity contribution >= 4 is 13.4 Å². The first-order chi connectivity index (χ1) is 13.1. The van der Waals surface area contributed by atoms with Crippen molar-refractivity contribution < 1.29 is 27.5 Å². The van der Waals surface area contributed by atoms with Crippen LogP contribution in [0, 0.1) is 0 Å². The molecule has 166 valence electrons. The molecule has 7 heteroatoms. The number of rotatable bonds is 8. The third-order valence-corrected chi connectivity index (χ3v) is 7.13. The van der Waals surface area contributed by atoms with Crippen LogP contribution in [0.25, 0.3) is 0 Å². The number of ketones is 1. The molecule has 0 aliphatic carbocycles. The van der Waals surface area contributed by atoms with E-state index in [1.807, 2.05) is 41.5 Å². The fourth-order valence-electron chi connectivity index (χ4n) is 3.10. The molecular formula is C22H36FO5P. The lowest BCUT2D eigenvalue weighted by atomic mass is 9.78. The van der Waals surface area contributed by atoms with Gasteiger partial charge in [-0.05, 0) is 43.7 Å². The Labute approximate surface area is 174 Å². The predicted octanol–water partition coefficient (Wildman–Crippen LogP) is 6.42. The van der Waals surface area contributed by atoms with Crippen LogP contribution in [0.3, 0.4) is 0 Å². The molecule has 1 aromatic carbocycles. The Bertz CT molecular complexity index is 742. The molecule has 0 bridgehead atoms. The lowest BCUT2D eigenvalue weighted by Crippen LogP contribution is -2.33. The first-order valence-electron chi connectivity index (χ1n) is 9.92. The molecule has 0 spiro atoms. The van der Waals surface area contributed by atoms with Crippen LogP contribution in [0.4, 0.5) is 4.39 Å². The molecule has 0 saturated heterocycles. The van der Waals surface area contributed by atoms with Gasteiger partial charge in [-0.2, -0.15) is 0 Å². The Morgan fingerprint density at radius 1 is 0.931 bits per heavy atom. The molecule has 29 heavy (non-hydrogen) atoms. The number of alkyl halides is 1. The number of Topliss-reactive ketones (excluding diaryl/α,β-unsaturated/α-hetero) is 1. The molecule has 0 N–H and O–H groups in total. The largest absolute Gasteiger partial charge is 0.496 e. The van der Waals surface area contributed by atoms with Crippen molar-refractivity contribution in [3.05, 3.63) is 28.8 Å². The van der Waals surface area contributed by atoms with Gasteiger partial charge in [0.1, 0.15) is 5.75 Å². The summed E-state index contributed by atoms with van der Waals surface area (Å²) in [7, 11) is -2.74. The number of halogens is 1. The van der Waals surface area contributed by atoms with E-state index in [1.165, 1.54) is 0 Å². The minimum atomic E-state index is -4.32. The maximum absolute atomic E-state index is 15.7. The monoisotopic (exact) mass is 430 g/mol. The third kappa shape index (κ3) is 5.28. The van der Waals surface area contributed by atoms with Crippen LogP contribution in [-0.4, -0.2) is 31.5 Å². The van der Waals surface area contributed by atoms with Crippen LogP contribution < -0.4 is 4.74 Å². The fourth-order valence-corrected chi connectivity index (χ4v) is 4.72. The molecule has 1 aromatic rings. The van der Waals surface area contributed by atoms with Gasteiger partial charge in [0.25, 0.3) is 5.41 Å². The van der Waals surface area contributed by atoms with Crippen LogP contribution >= 0.6 is 7.60 Å². The zero-order valence-electron chi connectivity index (χ0n) is 19.4. The summed E-state index contributed by atoms with van der Waals surface area (Å²) in [6, 6.07) is 3.24. The van der Waals surface area contributed by atoms with Gasteiger partial charge in [-0.1, -0.05) is 41.5 Å². The van der Waals surface area contributed by atoms with E-state index in [-0.39, 0.29) is 29.6 Å². The lowest BCUT2D eigenvalue weighted by molar-refractivity contribution is 0.0770. The second kappa shape index (κ2) is 8.87. The van der Waals surface area contributed by atoms with E-state index in [2.05, 4.69) is 0 Å². The normalized spacial score (nSPS) is 15.1. The zero-order valence-corrected chi connectivity index (χ0v) is 20.3. The van der Waals surface area contributed by atoms with E-state index in [0.717, 1.165) is 18.1 Å². The Kier molecular flexibility index (Phi) is 7.89. The summed E-state index contributed by atoms with van der Waals surface area (Å²) in [5.74, 6) is -0.263. The molecule has 1 unspecified atom stereocenters. The molecule has 5 nitrogen and oxygen atoms in total. The lowest BCUT2D eigenvalue weighted by Gasteiger charge is -2.31. The quantitative estimate of drug-likeness (QED) is 0.351. The second-order valence-electron chi connectivity index (χ2n) is 9.22. The standard InChI is InChI=1S/C22H36FO5P/c1-11-27-29(25,28-12-2)22(9,23)19(24)15-13-16(20(3,4)5)18(26-10)17(14-15)21(6,7)8/h13-14H,11-12H2,1-10H3. The van der Waals surface area contributed by atoms with Gasteiger partial charge in [0.15, 0.2) is 0 Å². The third-order valence-electron chi connectivity index (χ3n) is 4.70. The van der Waals surface area contributed by atoms with E-state index < -0.39 is 18.8 Å². The summed E-state index contributed by atoms with van der Waals surface area (Å²) in [6.45, 7) is 16.0. The molecule has 0 saturated carbocycles.